The molecule has 0 aliphatic rings. The van der Waals surface area contributed by atoms with Crippen molar-refractivity contribution in [2.24, 2.45) is 0 Å². The molecule has 0 saturated heterocycles. The smallest absolute Gasteiger partial charge is 0.144 e. The van der Waals surface area contributed by atoms with Crippen LogP contribution in [0.4, 0.5) is 14.6 Å². The molecule has 128 valence electrons. The Labute approximate surface area is 145 Å². The Bertz CT molecular complexity index is 884. The van der Waals surface area contributed by atoms with Gasteiger partial charge in [-0.1, -0.05) is 24.3 Å². The second-order valence-electron chi connectivity index (χ2n) is 6.84. The van der Waals surface area contributed by atoms with Gasteiger partial charge < -0.3 is 5.32 Å². The molecule has 0 atom stereocenters. The SMILES string of the molecule is CC(C)(C)Nc1cnc(-c2cccc(-c3cccc(F)c3)c2F)cn1. The zero-order valence-corrected chi connectivity index (χ0v) is 14.3. The molecule has 0 radical (unpaired) electrons. The third-order valence-corrected chi connectivity index (χ3v) is 3.57. The summed E-state index contributed by atoms with van der Waals surface area (Å²) in [6.45, 7) is 6.06. The van der Waals surface area contributed by atoms with Crippen LogP contribution >= 0.6 is 0 Å². The molecule has 25 heavy (non-hydrogen) atoms. The zero-order chi connectivity index (χ0) is 18.0. The molecule has 0 amide bonds. The summed E-state index contributed by atoms with van der Waals surface area (Å²) in [5, 5.41) is 3.21. The third kappa shape index (κ3) is 3.99. The van der Waals surface area contributed by atoms with Gasteiger partial charge in [0.05, 0.1) is 18.1 Å². The van der Waals surface area contributed by atoms with Crippen molar-refractivity contribution in [2.45, 2.75) is 26.3 Å². The fraction of sp³-hybridized carbons (Fsp3) is 0.200. The molecule has 0 spiro atoms. The van der Waals surface area contributed by atoms with Crippen molar-refractivity contribution in [3.63, 3.8) is 0 Å². The van der Waals surface area contributed by atoms with Crippen LogP contribution in [0.15, 0.2) is 54.9 Å². The third-order valence-electron chi connectivity index (χ3n) is 3.57. The van der Waals surface area contributed by atoms with E-state index >= 15 is 0 Å². The number of rotatable bonds is 3. The highest BCUT2D eigenvalue weighted by molar-refractivity contribution is 5.72. The molecule has 1 aromatic heterocycles. The van der Waals surface area contributed by atoms with Gasteiger partial charge in [-0.15, -0.1) is 0 Å². The Morgan fingerprint density at radius 2 is 1.60 bits per heavy atom. The first-order chi connectivity index (χ1) is 11.8. The van der Waals surface area contributed by atoms with Crippen molar-refractivity contribution in [3.05, 3.63) is 66.5 Å². The highest BCUT2D eigenvalue weighted by Gasteiger charge is 2.14. The Hall–Kier alpha value is -2.82. The van der Waals surface area contributed by atoms with Gasteiger partial charge in [0.15, 0.2) is 0 Å². The molecule has 3 rings (SSSR count). The average molecular weight is 339 g/mol. The van der Waals surface area contributed by atoms with Gasteiger partial charge in [0.2, 0.25) is 0 Å². The predicted octanol–water partition coefficient (Wildman–Crippen LogP) is 5.30. The summed E-state index contributed by atoms with van der Waals surface area (Å²) in [4.78, 5) is 8.60. The molecule has 3 aromatic rings. The lowest BCUT2D eigenvalue weighted by Gasteiger charge is -2.20. The van der Waals surface area contributed by atoms with E-state index in [1.54, 1.807) is 36.5 Å². The second-order valence-corrected chi connectivity index (χ2v) is 6.84. The Kier molecular flexibility index (Phi) is 4.49. The average Bonchev–Trinajstić information content (AvgIpc) is 2.54. The number of anilines is 1. The lowest BCUT2D eigenvalue weighted by atomic mass is 10.0. The van der Waals surface area contributed by atoms with E-state index in [4.69, 9.17) is 0 Å². The van der Waals surface area contributed by atoms with E-state index < -0.39 is 11.6 Å². The van der Waals surface area contributed by atoms with Crippen LogP contribution in [0.25, 0.3) is 22.4 Å². The van der Waals surface area contributed by atoms with Crippen molar-refractivity contribution in [2.75, 3.05) is 5.32 Å². The molecule has 0 saturated carbocycles. The monoisotopic (exact) mass is 339 g/mol. The van der Waals surface area contributed by atoms with Crippen LogP contribution in [0.1, 0.15) is 20.8 Å². The van der Waals surface area contributed by atoms with E-state index in [0.717, 1.165) is 0 Å². The summed E-state index contributed by atoms with van der Waals surface area (Å²) >= 11 is 0. The van der Waals surface area contributed by atoms with Crippen molar-refractivity contribution >= 4 is 5.82 Å². The molecule has 1 N–H and O–H groups in total. The summed E-state index contributed by atoms with van der Waals surface area (Å²) in [5.41, 5.74) is 1.43. The van der Waals surface area contributed by atoms with Crippen molar-refractivity contribution < 1.29 is 8.78 Å². The normalized spacial score (nSPS) is 11.4. The van der Waals surface area contributed by atoms with E-state index in [1.807, 2.05) is 20.8 Å². The van der Waals surface area contributed by atoms with Crippen LogP contribution in [0.2, 0.25) is 0 Å². The Morgan fingerprint density at radius 1 is 0.880 bits per heavy atom. The maximum absolute atomic E-state index is 14.9. The lowest BCUT2D eigenvalue weighted by Crippen LogP contribution is -2.26. The molecule has 0 bridgehead atoms. The minimum atomic E-state index is -0.445. The molecule has 0 aliphatic heterocycles. The molecule has 5 heteroatoms. The second kappa shape index (κ2) is 6.59. The summed E-state index contributed by atoms with van der Waals surface area (Å²) in [6, 6.07) is 10.9. The van der Waals surface area contributed by atoms with Gasteiger partial charge in [0.25, 0.3) is 0 Å². The number of benzene rings is 2. The van der Waals surface area contributed by atoms with Gasteiger partial charge in [-0.3, -0.25) is 4.98 Å². The first kappa shape index (κ1) is 17.0. The van der Waals surface area contributed by atoms with E-state index in [9.17, 15) is 8.78 Å². The highest BCUT2D eigenvalue weighted by atomic mass is 19.1. The fourth-order valence-corrected chi connectivity index (χ4v) is 2.52. The molecule has 0 fully saturated rings. The lowest BCUT2D eigenvalue weighted by molar-refractivity contribution is 0.625. The number of nitrogens with one attached hydrogen (secondary N) is 1. The number of hydrogen-bond acceptors (Lipinski definition) is 3. The molecule has 2 aromatic carbocycles. The van der Waals surface area contributed by atoms with E-state index in [2.05, 4.69) is 15.3 Å². The number of aromatic nitrogens is 2. The van der Waals surface area contributed by atoms with E-state index in [1.165, 1.54) is 18.3 Å². The molecule has 3 nitrogen and oxygen atoms in total. The van der Waals surface area contributed by atoms with Gasteiger partial charge in [-0.05, 0) is 44.5 Å². The summed E-state index contributed by atoms with van der Waals surface area (Å²) < 4.78 is 28.4. The largest absolute Gasteiger partial charge is 0.364 e. The molecular weight excluding hydrogens is 320 g/mol. The quantitative estimate of drug-likeness (QED) is 0.704. The molecule has 1 heterocycles. The standard InChI is InChI=1S/C20H19F2N3/c1-20(2,3)25-18-12-23-17(11-24-18)16-9-5-8-15(19(16)22)13-6-4-7-14(21)10-13/h4-12H,1-3H3,(H,24,25). The van der Waals surface area contributed by atoms with Gasteiger partial charge in [-0.2, -0.15) is 0 Å². The van der Waals surface area contributed by atoms with Crippen molar-refractivity contribution in [3.8, 4) is 22.4 Å². The Morgan fingerprint density at radius 3 is 2.24 bits per heavy atom. The van der Waals surface area contributed by atoms with Crippen LogP contribution in [-0.2, 0) is 0 Å². The first-order valence-electron chi connectivity index (χ1n) is 7.98. The maximum Gasteiger partial charge on any atom is 0.144 e. The van der Waals surface area contributed by atoms with Gasteiger partial charge in [0, 0.05) is 16.7 Å². The summed E-state index contributed by atoms with van der Waals surface area (Å²) in [5.74, 6) is -0.225. The van der Waals surface area contributed by atoms with Gasteiger partial charge in [-0.25, -0.2) is 13.8 Å². The maximum atomic E-state index is 14.9. The van der Waals surface area contributed by atoms with Crippen LogP contribution in [-0.4, -0.2) is 15.5 Å². The van der Waals surface area contributed by atoms with E-state index in [0.29, 0.717) is 28.2 Å². The number of nitrogens with zero attached hydrogens (tertiary/aromatic N) is 2. The molecule has 0 unspecified atom stereocenters. The summed E-state index contributed by atoms with van der Waals surface area (Å²) in [7, 11) is 0. The minimum Gasteiger partial charge on any atom is -0.364 e. The van der Waals surface area contributed by atoms with Gasteiger partial charge in [0.1, 0.15) is 17.5 Å². The number of halogens is 2. The minimum absolute atomic E-state index is 0.140. The van der Waals surface area contributed by atoms with Crippen LogP contribution in [0.5, 0.6) is 0 Å². The highest BCUT2D eigenvalue weighted by Crippen LogP contribution is 2.30. The molecule has 0 aliphatic carbocycles. The van der Waals surface area contributed by atoms with Crippen LogP contribution < -0.4 is 5.32 Å². The van der Waals surface area contributed by atoms with Crippen LogP contribution in [0, 0.1) is 11.6 Å². The van der Waals surface area contributed by atoms with Crippen molar-refractivity contribution in [1.82, 2.24) is 9.97 Å². The zero-order valence-electron chi connectivity index (χ0n) is 14.3. The van der Waals surface area contributed by atoms with Crippen molar-refractivity contribution in [1.29, 1.82) is 0 Å². The van der Waals surface area contributed by atoms with Crippen LogP contribution in [0.3, 0.4) is 0 Å². The number of hydrogen-bond donors (Lipinski definition) is 1. The first-order valence-corrected chi connectivity index (χ1v) is 7.98. The predicted molar refractivity (Wildman–Crippen MR) is 96.2 cm³/mol. The summed E-state index contributed by atoms with van der Waals surface area (Å²) in [6.07, 6.45) is 3.11. The Balaban J connectivity index is 1.97. The fourth-order valence-electron chi connectivity index (χ4n) is 2.52. The topological polar surface area (TPSA) is 37.8 Å². The van der Waals surface area contributed by atoms with Gasteiger partial charge >= 0.3 is 0 Å². The molecular formula is C20H19F2N3. The van der Waals surface area contributed by atoms with E-state index in [-0.39, 0.29) is 5.54 Å².